The van der Waals surface area contributed by atoms with Crippen LogP contribution in [-0.2, 0) is 16.1 Å². The van der Waals surface area contributed by atoms with Gasteiger partial charge in [-0.2, -0.15) is 0 Å². The van der Waals surface area contributed by atoms with Crippen molar-refractivity contribution >= 4 is 17.5 Å². The Morgan fingerprint density at radius 3 is 2.58 bits per heavy atom. The Morgan fingerprint density at radius 1 is 1.23 bits per heavy atom. The van der Waals surface area contributed by atoms with E-state index in [4.69, 9.17) is 9.47 Å². The fraction of sp³-hybridized carbons (Fsp3) is 0.364. The minimum atomic E-state index is -0.706. The van der Waals surface area contributed by atoms with Gasteiger partial charge >= 0.3 is 5.69 Å². The van der Waals surface area contributed by atoms with Crippen LogP contribution in [0.2, 0.25) is 0 Å². The summed E-state index contributed by atoms with van der Waals surface area (Å²) < 4.78 is 10.6. The van der Waals surface area contributed by atoms with Crippen molar-refractivity contribution < 1.29 is 24.0 Å². The molecule has 0 heterocycles. The van der Waals surface area contributed by atoms with Crippen LogP contribution in [0.1, 0.15) is 25.0 Å². The number of nitrogens with one attached hydrogen (secondary N) is 1. The number of carbonyl (C=O) groups excluding carboxylic acids is 2. The fourth-order valence-corrected chi connectivity index (χ4v) is 3.04. The SMILES string of the molecule is CCNC(=O)C(C)N(Cc1cccc(C)c1)C(=O)COc1ccc([N+](=O)[O-])c(OC)c1. The topological polar surface area (TPSA) is 111 Å². The Morgan fingerprint density at radius 2 is 1.97 bits per heavy atom. The van der Waals surface area contributed by atoms with Gasteiger partial charge in [-0.25, -0.2) is 0 Å². The van der Waals surface area contributed by atoms with Gasteiger partial charge in [-0.1, -0.05) is 29.8 Å². The van der Waals surface area contributed by atoms with Crippen molar-refractivity contribution in [2.75, 3.05) is 20.3 Å². The van der Waals surface area contributed by atoms with E-state index in [0.29, 0.717) is 6.54 Å². The number of hydrogen-bond acceptors (Lipinski definition) is 6. The first-order chi connectivity index (χ1) is 14.8. The van der Waals surface area contributed by atoms with Gasteiger partial charge in [-0.15, -0.1) is 0 Å². The van der Waals surface area contributed by atoms with Crippen molar-refractivity contribution in [1.29, 1.82) is 0 Å². The second-order valence-corrected chi connectivity index (χ2v) is 6.96. The molecule has 0 aliphatic rings. The lowest BCUT2D eigenvalue weighted by Crippen LogP contribution is -2.49. The lowest BCUT2D eigenvalue weighted by atomic mass is 10.1. The zero-order valence-electron chi connectivity index (χ0n) is 18.1. The van der Waals surface area contributed by atoms with E-state index in [-0.39, 0.29) is 36.2 Å². The van der Waals surface area contributed by atoms with E-state index < -0.39 is 16.9 Å². The quantitative estimate of drug-likeness (QED) is 0.459. The van der Waals surface area contributed by atoms with Crippen LogP contribution in [0.25, 0.3) is 0 Å². The monoisotopic (exact) mass is 429 g/mol. The predicted octanol–water partition coefficient (Wildman–Crippen LogP) is 2.84. The molecule has 0 saturated heterocycles. The maximum Gasteiger partial charge on any atom is 0.311 e. The first-order valence-electron chi connectivity index (χ1n) is 9.84. The number of nitro groups is 1. The Kier molecular flexibility index (Phi) is 8.36. The molecule has 0 aliphatic heterocycles. The number of benzene rings is 2. The molecule has 0 radical (unpaired) electrons. The number of aryl methyl sites for hydroxylation is 1. The number of rotatable bonds is 10. The number of likely N-dealkylation sites (N-methyl/N-ethyl adjacent to an activating group) is 1. The second kappa shape index (κ2) is 11.0. The van der Waals surface area contributed by atoms with Crippen molar-refractivity contribution in [3.8, 4) is 11.5 Å². The first kappa shape index (κ1) is 23.7. The van der Waals surface area contributed by atoms with Gasteiger partial charge in [0, 0.05) is 25.2 Å². The maximum atomic E-state index is 13.0. The highest BCUT2D eigenvalue weighted by Gasteiger charge is 2.26. The molecule has 2 rings (SSSR count). The normalized spacial score (nSPS) is 11.4. The zero-order valence-corrected chi connectivity index (χ0v) is 18.1. The largest absolute Gasteiger partial charge is 0.490 e. The highest BCUT2D eigenvalue weighted by molar-refractivity contribution is 5.87. The minimum absolute atomic E-state index is 0.0299. The van der Waals surface area contributed by atoms with E-state index in [1.165, 1.54) is 30.2 Å². The zero-order chi connectivity index (χ0) is 23.0. The van der Waals surface area contributed by atoms with Crippen LogP contribution in [0.4, 0.5) is 5.69 Å². The summed E-state index contributed by atoms with van der Waals surface area (Å²) in [4.78, 5) is 37.3. The van der Waals surface area contributed by atoms with E-state index >= 15 is 0 Å². The number of amides is 2. The molecule has 0 aliphatic carbocycles. The van der Waals surface area contributed by atoms with E-state index in [1.807, 2.05) is 38.1 Å². The maximum absolute atomic E-state index is 13.0. The average molecular weight is 429 g/mol. The number of nitrogens with zero attached hydrogens (tertiary/aromatic N) is 2. The third kappa shape index (κ3) is 6.43. The Bertz CT molecular complexity index is 947. The van der Waals surface area contributed by atoms with Crippen LogP contribution >= 0.6 is 0 Å². The number of hydrogen-bond donors (Lipinski definition) is 1. The highest BCUT2D eigenvalue weighted by atomic mass is 16.6. The summed E-state index contributed by atoms with van der Waals surface area (Å²) in [5, 5.41) is 13.8. The molecular formula is C22H27N3O6. The van der Waals surface area contributed by atoms with Crippen LogP contribution in [0, 0.1) is 17.0 Å². The number of ether oxygens (including phenoxy) is 2. The van der Waals surface area contributed by atoms with Crippen LogP contribution < -0.4 is 14.8 Å². The van der Waals surface area contributed by atoms with Gasteiger partial charge in [-0.3, -0.25) is 19.7 Å². The summed E-state index contributed by atoms with van der Waals surface area (Å²) in [5.41, 5.74) is 1.73. The van der Waals surface area contributed by atoms with Gasteiger partial charge in [0.2, 0.25) is 11.7 Å². The summed E-state index contributed by atoms with van der Waals surface area (Å²) in [5.74, 6) is -0.377. The third-order valence-corrected chi connectivity index (χ3v) is 4.66. The molecule has 1 N–H and O–H groups in total. The molecule has 166 valence electrons. The van der Waals surface area contributed by atoms with Crippen molar-refractivity contribution in [3.63, 3.8) is 0 Å². The molecule has 0 fully saturated rings. The van der Waals surface area contributed by atoms with Crippen molar-refractivity contribution in [3.05, 3.63) is 63.7 Å². The molecule has 31 heavy (non-hydrogen) atoms. The second-order valence-electron chi connectivity index (χ2n) is 6.96. The summed E-state index contributed by atoms with van der Waals surface area (Å²) in [6, 6.07) is 11.0. The molecular weight excluding hydrogens is 402 g/mol. The summed E-state index contributed by atoms with van der Waals surface area (Å²) in [6.45, 7) is 5.78. The summed E-state index contributed by atoms with van der Waals surface area (Å²) >= 11 is 0. The van der Waals surface area contributed by atoms with E-state index in [2.05, 4.69) is 5.32 Å². The number of carbonyl (C=O) groups is 2. The van der Waals surface area contributed by atoms with Crippen LogP contribution in [0.15, 0.2) is 42.5 Å². The van der Waals surface area contributed by atoms with Gasteiger partial charge in [0.1, 0.15) is 11.8 Å². The fourth-order valence-electron chi connectivity index (χ4n) is 3.04. The van der Waals surface area contributed by atoms with Crippen molar-refractivity contribution in [2.45, 2.75) is 33.4 Å². The Labute approximate surface area is 181 Å². The van der Waals surface area contributed by atoms with Gasteiger partial charge in [0.05, 0.1) is 12.0 Å². The minimum Gasteiger partial charge on any atom is -0.490 e. The molecule has 9 nitrogen and oxygen atoms in total. The van der Waals surface area contributed by atoms with Crippen LogP contribution in [-0.4, -0.2) is 47.9 Å². The molecule has 0 bridgehead atoms. The van der Waals surface area contributed by atoms with Crippen LogP contribution in [0.3, 0.4) is 0 Å². The molecule has 0 aromatic heterocycles. The van der Waals surface area contributed by atoms with Gasteiger partial charge in [-0.05, 0) is 32.4 Å². The molecule has 2 amide bonds. The smallest absolute Gasteiger partial charge is 0.311 e. The third-order valence-electron chi connectivity index (χ3n) is 4.66. The molecule has 0 saturated carbocycles. The molecule has 0 spiro atoms. The highest BCUT2D eigenvalue weighted by Crippen LogP contribution is 2.30. The van der Waals surface area contributed by atoms with Crippen molar-refractivity contribution in [1.82, 2.24) is 10.2 Å². The molecule has 2 aromatic rings. The van der Waals surface area contributed by atoms with E-state index in [1.54, 1.807) is 6.92 Å². The predicted molar refractivity (Wildman–Crippen MR) is 115 cm³/mol. The van der Waals surface area contributed by atoms with Gasteiger partial charge < -0.3 is 19.7 Å². The Hall–Kier alpha value is -3.62. The first-order valence-corrected chi connectivity index (χ1v) is 9.84. The Balaban J connectivity index is 2.18. The summed E-state index contributed by atoms with van der Waals surface area (Å²) in [7, 11) is 1.31. The lowest BCUT2D eigenvalue weighted by molar-refractivity contribution is -0.385. The van der Waals surface area contributed by atoms with Crippen LogP contribution in [0.5, 0.6) is 11.5 Å². The van der Waals surface area contributed by atoms with E-state index in [0.717, 1.165) is 11.1 Å². The standard InChI is InChI=1S/C22H27N3O6/c1-5-23-22(27)16(3)24(13-17-8-6-7-15(2)11-17)21(26)14-31-18-9-10-19(25(28)29)20(12-18)30-4/h6-12,16H,5,13-14H2,1-4H3,(H,23,27). The lowest BCUT2D eigenvalue weighted by Gasteiger charge is -2.28. The number of methoxy groups -OCH3 is 1. The van der Waals surface area contributed by atoms with Gasteiger partial charge in [0.15, 0.2) is 6.61 Å². The molecule has 2 aromatic carbocycles. The van der Waals surface area contributed by atoms with Gasteiger partial charge in [0.25, 0.3) is 5.91 Å². The molecule has 1 unspecified atom stereocenters. The molecule has 1 atom stereocenters. The summed E-state index contributed by atoms with van der Waals surface area (Å²) in [6.07, 6.45) is 0. The number of nitro benzene ring substituents is 1. The average Bonchev–Trinajstić information content (AvgIpc) is 2.75. The molecule has 9 heteroatoms. The van der Waals surface area contributed by atoms with Crippen molar-refractivity contribution in [2.24, 2.45) is 0 Å². The van der Waals surface area contributed by atoms with E-state index in [9.17, 15) is 19.7 Å².